The number of halogens is 2. The molecule has 0 atom stereocenters. The van der Waals surface area contributed by atoms with E-state index in [1.807, 2.05) is 31.2 Å². The number of hydrogen-bond acceptors (Lipinski definition) is 2. The van der Waals surface area contributed by atoms with Gasteiger partial charge in [-0.1, -0.05) is 24.3 Å². The SMILES string of the molecule is CCNC(=NCCc1cccc(C(=O)NC)c1)NCCc1cccc(F)c1.I. The van der Waals surface area contributed by atoms with Crippen LogP contribution in [0.25, 0.3) is 0 Å². The Morgan fingerprint density at radius 1 is 1.04 bits per heavy atom. The van der Waals surface area contributed by atoms with Crippen LogP contribution in [0.2, 0.25) is 0 Å². The minimum absolute atomic E-state index is 0. The molecule has 0 saturated carbocycles. The molecule has 0 aliphatic carbocycles. The van der Waals surface area contributed by atoms with Crippen molar-refractivity contribution < 1.29 is 9.18 Å². The number of nitrogens with one attached hydrogen (secondary N) is 3. The summed E-state index contributed by atoms with van der Waals surface area (Å²) in [5.41, 5.74) is 2.67. The highest BCUT2D eigenvalue weighted by atomic mass is 127. The average Bonchev–Trinajstić information content (AvgIpc) is 2.67. The number of carbonyl (C=O) groups is 1. The second kappa shape index (κ2) is 13.1. The van der Waals surface area contributed by atoms with E-state index in [1.54, 1.807) is 25.2 Å². The number of rotatable bonds is 8. The maximum absolute atomic E-state index is 13.2. The molecule has 0 aromatic heterocycles. The number of aliphatic imine (C=N–C) groups is 1. The highest BCUT2D eigenvalue weighted by molar-refractivity contribution is 14.0. The molecule has 0 bridgehead atoms. The van der Waals surface area contributed by atoms with Crippen LogP contribution in [0.3, 0.4) is 0 Å². The fourth-order valence-corrected chi connectivity index (χ4v) is 2.67. The van der Waals surface area contributed by atoms with Crippen molar-refractivity contribution in [3.8, 4) is 0 Å². The monoisotopic (exact) mass is 498 g/mol. The average molecular weight is 498 g/mol. The van der Waals surface area contributed by atoms with Gasteiger partial charge in [-0.3, -0.25) is 9.79 Å². The summed E-state index contributed by atoms with van der Waals surface area (Å²) in [6, 6.07) is 14.2. The molecule has 0 heterocycles. The first kappa shape index (κ1) is 23.9. The second-order valence-corrected chi connectivity index (χ2v) is 6.10. The van der Waals surface area contributed by atoms with Gasteiger partial charge in [0.25, 0.3) is 5.91 Å². The Labute approximate surface area is 183 Å². The Kier molecular flexibility index (Phi) is 11.2. The molecule has 0 spiro atoms. The van der Waals surface area contributed by atoms with Crippen molar-refractivity contribution in [3.05, 3.63) is 71.0 Å². The zero-order valence-electron chi connectivity index (χ0n) is 16.3. The summed E-state index contributed by atoms with van der Waals surface area (Å²) in [4.78, 5) is 16.3. The number of nitrogens with zero attached hydrogens (tertiary/aromatic N) is 1. The summed E-state index contributed by atoms with van der Waals surface area (Å²) in [6.07, 6.45) is 1.46. The molecule has 2 aromatic carbocycles. The third kappa shape index (κ3) is 8.24. The van der Waals surface area contributed by atoms with Gasteiger partial charge in [0, 0.05) is 32.2 Å². The lowest BCUT2D eigenvalue weighted by molar-refractivity contribution is 0.0963. The summed E-state index contributed by atoms with van der Waals surface area (Å²) < 4.78 is 13.2. The van der Waals surface area contributed by atoms with E-state index < -0.39 is 0 Å². The van der Waals surface area contributed by atoms with Crippen LogP contribution in [0, 0.1) is 5.82 Å². The molecule has 0 aliphatic rings. The van der Waals surface area contributed by atoms with E-state index in [4.69, 9.17) is 0 Å². The van der Waals surface area contributed by atoms with Crippen LogP contribution in [-0.4, -0.2) is 38.5 Å². The molecule has 152 valence electrons. The van der Waals surface area contributed by atoms with Gasteiger partial charge in [-0.15, -0.1) is 24.0 Å². The van der Waals surface area contributed by atoms with Crippen molar-refractivity contribution in [3.63, 3.8) is 0 Å². The Balaban J connectivity index is 0.00000392. The van der Waals surface area contributed by atoms with Crippen LogP contribution in [-0.2, 0) is 12.8 Å². The van der Waals surface area contributed by atoms with E-state index in [0.717, 1.165) is 36.5 Å². The molecule has 28 heavy (non-hydrogen) atoms. The van der Waals surface area contributed by atoms with Crippen molar-refractivity contribution in [2.75, 3.05) is 26.7 Å². The van der Waals surface area contributed by atoms with Crippen molar-refractivity contribution in [2.45, 2.75) is 19.8 Å². The van der Waals surface area contributed by atoms with E-state index in [1.165, 1.54) is 6.07 Å². The fourth-order valence-electron chi connectivity index (χ4n) is 2.67. The highest BCUT2D eigenvalue weighted by Crippen LogP contribution is 2.06. The zero-order valence-corrected chi connectivity index (χ0v) is 18.6. The topological polar surface area (TPSA) is 65.5 Å². The molecule has 0 radical (unpaired) electrons. The molecule has 7 heteroatoms. The molecule has 0 fully saturated rings. The lowest BCUT2D eigenvalue weighted by Crippen LogP contribution is -2.38. The normalized spacial score (nSPS) is 10.8. The van der Waals surface area contributed by atoms with Gasteiger partial charge in [0.05, 0.1) is 0 Å². The Morgan fingerprint density at radius 2 is 1.75 bits per heavy atom. The Morgan fingerprint density at radius 3 is 2.43 bits per heavy atom. The van der Waals surface area contributed by atoms with Crippen LogP contribution in [0.1, 0.15) is 28.4 Å². The molecule has 2 rings (SSSR count). The fraction of sp³-hybridized carbons (Fsp3) is 0.333. The van der Waals surface area contributed by atoms with E-state index >= 15 is 0 Å². The van der Waals surface area contributed by atoms with Gasteiger partial charge in [-0.05, 0) is 55.2 Å². The predicted molar refractivity (Wildman–Crippen MR) is 123 cm³/mol. The molecular formula is C21H28FIN4O. The molecule has 0 saturated heterocycles. The van der Waals surface area contributed by atoms with Gasteiger partial charge in [0.2, 0.25) is 0 Å². The summed E-state index contributed by atoms with van der Waals surface area (Å²) in [5, 5.41) is 9.10. The van der Waals surface area contributed by atoms with E-state index in [0.29, 0.717) is 18.7 Å². The minimum Gasteiger partial charge on any atom is -0.357 e. The largest absolute Gasteiger partial charge is 0.357 e. The van der Waals surface area contributed by atoms with Crippen molar-refractivity contribution in [1.29, 1.82) is 0 Å². The maximum atomic E-state index is 13.2. The highest BCUT2D eigenvalue weighted by Gasteiger charge is 2.04. The van der Waals surface area contributed by atoms with Crippen LogP contribution in [0.5, 0.6) is 0 Å². The molecular weight excluding hydrogens is 470 g/mol. The summed E-state index contributed by atoms with van der Waals surface area (Å²) in [7, 11) is 1.62. The van der Waals surface area contributed by atoms with Gasteiger partial charge in [-0.2, -0.15) is 0 Å². The molecule has 2 aromatic rings. The predicted octanol–water partition coefficient (Wildman–Crippen LogP) is 3.14. The first-order valence-corrected chi connectivity index (χ1v) is 9.20. The minimum atomic E-state index is -0.216. The molecule has 5 nitrogen and oxygen atoms in total. The first-order chi connectivity index (χ1) is 13.1. The van der Waals surface area contributed by atoms with E-state index in [-0.39, 0.29) is 35.7 Å². The van der Waals surface area contributed by atoms with Crippen LogP contribution < -0.4 is 16.0 Å². The molecule has 3 N–H and O–H groups in total. The molecule has 1 amide bonds. The standard InChI is InChI=1S/C21H27FN4O.HI/c1-3-24-21(26-13-11-17-7-5-9-19(22)15-17)25-12-10-16-6-4-8-18(14-16)20(27)23-2;/h4-9,14-15H,3,10-13H2,1-2H3,(H,23,27)(H2,24,25,26);1H. The third-order valence-electron chi connectivity index (χ3n) is 4.03. The number of guanidine groups is 1. The first-order valence-electron chi connectivity index (χ1n) is 9.20. The zero-order chi connectivity index (χ0) is 19.5. The smallest absolute Gasteiger partial charge is 0.251 e. The molecule has 0 aliphatic heterocycles. The summed E-state index contributed by atoms with van der Waals surface area (Å²) in [5.74, 6) is 0.427. The number of carbonyl (C=O) groups excluding carboxylic acids is 1. The lowest BCUT2D eigenvalue weighted by Gasteiger charge is -2.11. The lowest BCUT2D eigenvalue weighted by atomic mass is 10.1. The van der Waals surface area contributed by atoms with Gasteiger partial charge in [0.15, 0.2) is 5.96 Å². The molecule has 0 unspecified atom stereocenters. The summed E-state index contributed by atoms with van der Waals surface area (Å²) >= 11 is 0. The van der Waals surface area contributed by atoms with E-state index in [9.17, 15) is 9.18 Å². The quantitative estimate of drug-likeness (QED) is 0.298. The van der Waals surface area contributed by atoms with Crippen molar-refractivity contribution in [2.24, 2.45) is 4.99 Å². The van der Waals surface area contributed by atoms with E-state index in [2.05, 4.69) is 20.9 Å². The van der Waals surface area contributed by atoms with Crippen molar-refractivity contribution in [1.82, 2.24) is 16.0 Å². The van der Waals surface area contributed by atoms with Gasteiger partial charge in [-0.25, -0.2) is 4.39 Å². The Bertz CT molecular complexity index is 783. The van der Waals surface area contributed by atoms with Crippen molar-refractivity contribution >= 4 is 35.8 Å². The van der Waals surface area contributed by atoms with Gasteiger partial charge >= 0.3 is 0 Å². The van der Waals surface area contributed by atoms with Crippen LogP contribution in [0.15, 0.2) is 53.5 Å². The number of hydrogen-bond donors (Lipinski definition) is 3. The van der Waals surface area contributed by atoms with Gasteiger partial charge in [0.1, 0.15) is 5.82 Å². The Hall–Kier alpha value is -2.16. The van der Waals surface area contributed by atoms with Crippen LogP contribution in [0.4, 0.5) is 4.39 Å². The number of benzene rings is 2. The third-order valence-corrected chi connectivity index (χ3v) is 4.03. The second-order valence-electron chi connectivity index (χ2n) is 6.10. The number of amides is 1. The van der Waals surface area contributed by atoms with Gasteiger partial charge < -0.3 is 16.0 Å². The van der Waals surface area contributed by atoms with Crippen LogP contribution >= 0.6 is 24.0 Å². The summed E-state index contributed by atoms with van der Waals surface area (Å²) in [6.45, 7) is 4.04. The maximum Gasteiger partial charge on any atom is 0.251 e.